The van der Waals surface area contributed by atoms with Gasteiger partial charge in [-0.05, 0) is 61.1 Å². The summed E-state index contributed by atoms with van der Waals surface area (Å²) < 4.78 is 2.79. The predicted octanol–water partition coefficient (Wildman–Crippen LogP) is 2.45. The zero-order valence-corrected chi connectivity index (χ0v) is 11.8. The summed E-state index contributed by atoms with van der Waals surface area (Å²) in [6, 6.07) is 2.54. The monoisotopic (exact) mass is 298 g/mol. The first kappa shape index (κ1) is 12.8. The Labute approximate surface area is 110 Å². The van der Waals surface area contributed by atoms with Crippen LogP contribution in [-0.4, -0.2) is 17.2 Å². The minimum absolute atomic E-state index is 0.132. The van der Waals surface area contributed by atoms with Crippen LogP contribution in [0.4, 0.5) is 0 Å². The van der Waals surface area contributed by atoms with Crippen LogP contribution < -0.4 is 10.9 Å². The molecule has 1 atom stereocenters. The summed E-state index contributed by atoms with van der Waals surface area (Å²) >= 11 is 3.43. The van der Waals surface area contributed by atoms with Crippen LogP contribution in [0.2, 0.25) is 0 Å². The number of hydrogen-bond donors (Lipinski definition) is 1. The molecule has 1 fully saturated rings. The molecule has 0 aliphatic carbocycles. The molecule has 0 radical (unpaired) electrons. The number of aryl methyl sites for hydroxylation is 2. The molecule has 1 saturated heterocycles. The molecule has 0 saturated carbocycles. The van der Waals surface area contributed by atoms with Crippen molar-refractivity contribution < 1.29 is 0 Å². The second-order valence-electron chi connectivity index (χ2n) is 4.78. The minimum atomic E-state index is 0.132. The van der Waals surface area contributed by atoms with Crippen LogP contribution in [0.5, 0.6) is 0 Å². The van der Waals surface area contributed by atoms with E-state index in [0.717, 1.165) is 36.0 Å². The molecular weight excluding hydrogens is 280 g/mol. The Morgan fingerprint density at radius 2 is 2.41 bits per heavy atom. The highest BCUT2D eigenvalue weighted by molar-refractivity contribution is 9.10. The van der Waals surface area contributed by atoms with Crippen molar-refractivity contribution >= 4 is 15.9 Å². The van der Waals surface area contributed by atoms with Crippen molar-refractivity contribution in [2.45, 2.75) is 45.2 Å². The molecule has 2 heterocycles. The van der Waals surface area contributed by atoms with Gasteiger partial charge in [0, 0.05) is 28.8 Å². The summed E-state index contributed by atoms with van der Waals surface area (Å²) in [4.78, 5) is 11.9. The first-order valence-electron chi connectivity index (χ1n) is 6.27. The Balaban J connectivity index is 1.92. The first-order valence-corrected chi connectivity index (χ1v) is 7.06. The van der Waals surface area contributed by atoms with Crippen LogP contribution in [-0.2, 0) is 6.54 Å². The molecule has 3 nitrogen and oxygen atoms in total. The summed E-state index contributed by atoms with van der Waals surface area (Å²) in [5.74, 6) is 0. The van der Waals surface area contributed by atoms with E-state index in [-0.39, 0.29) is 5.56 Å². The fourth-order valence-electron chi connectivity index (χ4n) is 2.42. The Morgan fingerprint density at radius 3 is 3.12 bits per heavy atom. The summed E-state index contributed by atoms with van der Waals surface area (Å²) in [7, 11) is 0. The van der Waals surface area contributed by atoms with E-state index in [1.54, 1.807) is 0 Å². The highest BCUT2D eigenvalue weighted by Gasteiger charge is 2.13. The molecule has 2 rings (SSSR count). The van der Waals surface area contributed by atoms with E-state index >= 15 is 0 Å². The summed E-state index contributed by atoms with van der Waals surface area (Å²) in [6.45, 7) is 3.83. The van der Waals surface area contributed by atoms with Crippen LogP contribution >= 0.6 is 15.9 Å². The fourth-order valence-corrected chi connectivity index (χ4v) is 3.01. The maximum Gasteiger partial charge on any atom is 0.253 e. The van der Waals surface area contributed by atoms with Crippen LogP contribution in [0, 0.1) is 6.92 Å². The van der Waals surface area contributed by atoms with Crippen molar-refractivity contribution in [3.05, 3.63) is 32.7 Å². The Morgan fingerprint density at radius 1 is 1.59 bits per heavy atom. The van der Waals surface area contributed by atoms with Crippen molar-refractivity contribution in [2.75, 3.05) is 6.54 Å². The zero-order chi connectivity index (χ0) is 12.3. The Hall–Kier alpha value is -0.610. The maximum absolute atomic E-state index is 11.9. The number of aromatic nitrogens is 1. The van der Waals surface area contributed by atoms with Gasteiger partial charge in [0.25, 0.3) is 5.56 Å². The normalized spacial score (nSPS) is 19.8. The van der Waals surface area contributed by atoms with Crippen LogP contribution in [0.3, 0.4) is 0 Å². The van der Waals surface area contributed by atoms with Gasteiger partial charge in [-0.1, -0.05) is 0 Å². The molecule has 0 aromatic carbocycles. The van der Waals surface area contributed by atoms with E-state index in [4.69, 9.17) is 0 Å². The molecule has 4 heteroatoms. The molecule has 1 unspecified atom stereocenters. The summed E-state index contributed by atoms with van der Waals surface area (Å²) in [5, 5.41) is 3.48. The Bertz CT molecular complexity index is 436. The van der Waals surface area contributed by atoms with Crippen molar-refractivity contribution in [3.63, 3.8) is 0 Å². The number of hydrogen-bond acceptors (Lipinski definition) is 2. The lowest BCUT2D eigenvalue weighted by molar-refractivity contribution is 0.496. The molecule has 1 N–H and O–H groups in total. The number of pyridine rings is 1. The third kappa shape index (κ3) is 3.42. The number of nitrogens with one attached hydrogen (secondary N) is 1. The van der Waals surface area contributed by atoms with Gasteiger partial charge in [-0.3, -0.25) is 4.79 Å². The van der Waals surface area contributed by atoms with Gasteiger partial charge in [0.1, 0.15) is 0 Å². The van der Waals surface area contributed by atoms with Gasteiger partial charge in [-0.25, -0.2) is 0 Å². The van der Waals surface area contributed by atoms with E-state index in [2.05, 4.69) is 21.2 Å². The van der Waals surface area contributed by atoms with Gasteiger partial charge in [0.2, 0.25) is 0 Å². The van der Waals surface area contributed by atoms with Crippen molar-refractivity contribution in [3.8, 4) is 0 Å². The van der Waals surface area contributed by atoms with E-state index in [1.165, 1.54) is 12.8 Å². The van der Waals surface area contributed by atoms with Crippen molar-refractivity contribution in [1.82, 2.24) is 9.88 Å². The molecule has 1 aromatic rings. The van der Waals surface area contributed by atoms with Gasteiger partial charge in [0.15, 0.2) is 0 Å². The fraction of sp³-hybridized carbons (Fsp3) is 0.615. The summed E-state index contributed by atoms with van der Waals surface area (Å²) in [5.41, 5.74) is 0.936. The average Bonchev–Trinajstić information content (AvgIpc) is 2.78. The van der Waals surface area contributed by atoms with E-state index in [1.807, 2.05) is 23.8 Å². The zero-order valence-electron chi connectivity index (χ0n) is 10.2. The molecule has 0 amide bonds. The largest absolute Gasteiger partial charge is 0.314 e. The molecule has 0 bridgehead atoms. The van der Waals surface area contributed by atoms with Gasteiger partial charge < -0.3 is 9.88 Å². The molecule has 1 aliphatic heterocycles. The number of rotatable bonds is 4. The minimum Gasteiger partial charge on any atom is -0.314 e. The van der Waals surface area contributed by atoms with E-state index in [9.17, 15) is 4.79 Å². The predicted molar refractivity (Wildman–Crippen MR) is 73.4 cm³/mol. The topological polar surface area (TPSA) is 34.0 Å². The molecule has 17 heavy (non-hydrogen) atoms. The quantitative estimate of drug-likeness (QED) is 0.926. The lowest BCUT2D eigenvalue weighted by atomic mass is 10.1. The molecule has 1 aliphatic rings. The maximum atomic E-state index is 11.9. The third-order valence-corrected chi connectivity index (χ3v) is 3.78. The van der Waals surface area contributed by atoms with Crippen molar-refractivity contribution in [1.29, 1.82) is 0 Å². The standard InChI is InChI=1S/C13H19BrN2O/c1-10-8-11(14)9-16(13(10)17)7-3-5-12-4-2-6-15-12/h8-9,12,15H,2-7H2,1H3. The van der Waals surface area contributed by atoms with Gasteiger partial charge in [-0.2, -0.15) is 0 Å². The highest BCUT2D eigenvalue weighted by Crippen LogP contribution is 2.12. The molecule has 0 spiro atoms. The molecule has 1 aromatic heterocycles. The molecule has 94 valence electrons. The highest BCUT2D eigenvalue weighted by atomic mass is 79.9. The lowest BCUT2D eigenvalue weighted by Gasteiger charge is -2.11. The third-order valence-electron chi connectivity index (χ3n) is 3.35. The van der Waals surface area contributed by atoms with E-state index < -0.39 is 0 Å². The summed E-state index contributed by atoms with van der Waals surface area (Å²) in [6.07, 6.45) is 6.69. The number of nitrogens with zero attached hydrogens (tertiary/aromatic N) is 1. The second-order valence-corrected chi connectivity index (χ2v) is 5.69. The van der Waals surface area contributed by atoms with Crippen molar-refractivity contribution in [2.24, 2.45) is 0 Å². The number of halogens is 1. The van der Waals surface area contributed by atoms with Crippen LogP contribution in [0.25, 0.3) is 0 Å². The van der Waals surface area contributed by atoms with Crippen LogP contribution in [0.15, 0.2) is 21.5 Å². The molecular formula is C13H19BrN2O. The smallest absolute Gasteiger partial charge is 0.253 e. The average molecular weight is 299 g/mol. The van der Waals surface area contributed by atoms with Gasteiger partial charge >= 0.3 is 0 Å². The van der Waals surface area contributed by atoms with E-state index in [0.29, 0.717) is 6.04 Å². The SMILES string of the molecule is Cc1cc(Br)cn(CCCC2CCCN2)c1=O. The van der Waals surface area contributed by atoms with Gasteiger partial charge in [0.05, 0.1) is 0 Å². The van der Waals surface area contributed by atoms with Gasteiger partial charge in [-0.15, -0.1) is 0 Å². The first-order chi connectivity index (χ1) is 8.16. The van der Waals surface area contributed by atoms with Crippen LogP contribution in [0.1, 0.15) is 31.2 Å². The second kappa shape index (κ2) is 5.83. The Kier molecular flexibility index (Phi) is 4.40. The lowest BCUT2D eigenvalue weighted by Crippen LogP contribution is -2.24.